The van der Waals surface area contributed by atoms with Crippen LogP contribution >= 0.6 is 23.1 Å². The zero-order valence-corrected chi connectivity index (χ0v) is 12.9. The molecule has 0 aliphatic rings. The molecular weight excluding hydrogens is 327 g/mol. The Hall–Kier alpha value is -1.79. The number of nitrogens with zero attached hydrogens (tertiary/aromatic N) is 1. The molecule has 0 aliphatic carbocycles. The van der Waals surface area contributed by atoms with E-state index in [0.29, 0.717) is 16.5 Å². The molecule has 0 fully saturated rings. The van der Waals surface area contributed by atoms with Gasteiger partial charge in [0.2, 0.25) is 0 Å². The normalized spacial score (nSPS) is 10.9. The lowest BCUT2D eigenvalue weighted by molar-refractivity contribution is 0.589. The van der Waals surface area contributed by atoms with Gasteiger partial charge in [0, 0.05) is 16.0 Å². The second-order valence-electron chi connectivity index (χ2n) is 4.49. The summed E-state index contributed by atoms with van der Waals surface area (Å²) < 4.78 is 40.5. The molecule has 0 spiro atoms. The molecule has 22 heavy (non-hydrogen) atoms. The van der Waals surface area contributed by atoms with E-state index in [1.807, 2.05) is 0 Å². The smallest absolute Gasteiger partial charge is 0.136 e. The van der Waals surface area contributed by atoms with Gasteiger partial charge in [-0.2, -0.15) is 0 Å². The third kappa shape index (κ3) is 3.34. The van der Waals surface area contributed by atoms with Gasteiger partial charge in [-0.25, -0.2) is 18.2 Å². The van der Waals surface area contributed by atoms with E-state index in [1.54, 1.807) is 17.5 Å². The number of thioether (sulfide) groups is 1. The van der Waals surface area contributed by atoms with Crippen molar-refractivity contribution < 1.29 is 13.2 Å². The quantitative estimate of drug-likeness (QED) is 0.581. The minimum Gasteiger partial charge on any atom is -0.240 e. The van der Waals surface area contributed by atoms with Gasteiger partial charge in [0.15, 0.2) is 0 Å². The third-order valence-corrected chi connectivity index (χ3v) is 4.85. The number of hydrogen-bond acceptors (Lipinski definition) is 3. The molecule has 1 aromatic heterocycles. The van der Waals surface area contributed by atoms with Crippen LogP contribution in [0.4, 0.5) is 13.2 Å². The number of aromatic nitrogens is 1. The van der Waals surface area contributed by atoms with Crippen LogP contribution < -0.4 is 0 Å². The van der Waals surface area contributed by atoms with Crippen molar-refractivity contribution in [2.45, 2.75) is 10.6 Å². The van der Waals surface area contributed by atoms with Crippen LogP contribution in [0.2, 0.25) is 0 Å². The van der Waals surface area contributed by atoms with Gasteiger partial charge in [-0.05, 0) is 30.3 Å². The van der Waals surface area contributed by atoms with E-state index in [1.165, 1.54) is 53.4 Å². The maximum absolute atomic E-state index is 13.7. The highest BCUT2D eigenvalue weighted by Crippen LogP contribution is 2.31. The number of rotatable bonds is 4. The Morgan fingerprint density at radius 2 is 1.73 bits per heavy atom. The highest BCUT2D eigenvalue weighted by atomic mass is 32.2. The minimum absolute atomic E-state index is 0.102. The van der Waals surface area contributed by atoms with Gasteiger partial charge in [0.1, 0.15) is 22.5 Å². The van der Waals surface area contributed by atoms with Gasteiger partial charge in [0.25, 0.3) is 0 Å². The second kappa shape index (κ2) is 6.54. The Bertz CT molecular complexity index is 781. The molecule has 2 aromatic carbocycles. The summed E-state index contributed by atoms with van der Waals surface area (Å²) in [5.41, 5.74) is 0.603. The number of hydrogen-bond donors (Lipinski definition) is 0. The first-order valence-electron chi connectivity index (χ1n) is 6.40. The predicted octanol–water partition coefficient (Wildman–Crippen LogP) is 5.52. The molecule has 0 unspecified atom stereocenters. The van der Waals surface area contributed by atoms with Gasteiger partial charge in [-0.15, -0.1) is 23.1 Å². The van der Waals surface area contributed by atoms with Gasteiger partial charge in [-0.1, -0.05) is 12.1 Å². The number of halogens is 3. The molecule has 112 valence electrons. The highest BCUT2D eigenvalue weighted by Gasteiger charge is 2.14. The van der Waals surface area contributed by atoms with E-state index in [-0.39, 0.29) is 11.4 Å². The van der Waals surface area contributed by atoms with E-state index in [4.69, 9.17) is 0 Å². The first kappa shape index (κ1) is 15.1. The molecule has 1 nitrogen and oxygen atoms in total. The van der Waals surface area contributed by atoms with Crippen LogP contribution in [0.1, 0.15) is 5.69 Å². The average molecular weight is 337 g/mol. The number of thiazole rings is 1. The van der Waals surface area contributed by atoms with Crippen LogP contribution in [-0.2, 0) is 5.75 Å². The summed E-state index contributed by atoms with van der Waals surface area (Å²) in [6.07, 6.45) is 0. The van der Waals surface area contributed by atoms with Crippen molar-refractivity contribution in [3.63, 3.8) is 0 Å². The average Bonchev–Trinajstić information content (AvgIpc) is 2.94. The largest absolute Gasteiger partial charge is 0.240 e. The molecule has 3 rings (SSSR count). The molecule has 0 N–H and O–H groups in total. The van der Waals surface area contributed by atoms with E-state index in [0.717, 1.165) is 4.90 Å². The van der Waals surface area contributed by atoms with Crippen molar-refractivity contribution in [2.24, 2.45) is 0 Å². The standard InChI is InChI=1S/C16H10F3NS2/c17-10-3-1-4-12(7-10)21-8-11-9-22-16(20-11)15-13(18)5-2-6-14(15)19/h1-7,9H,8H2. The van der Waals surface area contributed by atoms with Crippen molar-refractivity contribution >= 4 is 23.1 Å². The summed E-state index contributed by atoms with van der Waals surface area (Å²) in [5, 5.41) is 2.07. The fourth-order valence-corrected chi connectivity index (χ4v) is 3.71. The summed E-state index contributed by atoms with van der Waals surface area (Å²) in [7, 11) is 0. The maximum Gasteiger partial charge on any atom is 0.136 e. The zero-order valence-electron chi connectivity index (χ0n) is 11.2. The molecule has 6 heteroatoms. The van der Waals surface area contributed by atoms with Crippen LogP contribution in [0, 0.1) is 17.5 Å². The first-order chi connectivity index (χ1) is 10.6. The van der Waals surface area contributed by atoms with E-state index in [2.05, 4.69) is 4.98 Å². The lowest BCUT2D eigenvalue weighted by atomic mass is 10.2. The van der Waals surface area contributed by atoms with Crippen molar-refractivity contribution in [1.82, 2.24) is 4.98 Å². The monoisotopic (exact) mass is 337 g/mol. The molecule has 0 radical (unpaired) electrons. The van der Waals surface area contributed by atoms with Crippen LogP contribution in [0.15, 0.2) is 52.7 Å². The summed E-state index contributed by atoms with van der Waals surface area (Å²) >= 11 is 2.61. The van der Waals surface area contributed by atoms with Crippen molar-refractivity contribution in [2.75, 3.05) is 0 Å². The summed E-state index contributed by atoms with van der Waals surface area (Å²) in [6.45, 7) is 0. The van der Waals surface area contributed by atoms with Crippen molar-refractivity contribution in [3.05, 3.63) is 71.0 Å². The molecule has 0 bridgehead atoms. The van der Waals surface area contributed by atoms with Crippen LogP contribution in [0.5, 0.6) is 0 Å². The van der Waals surface area contributed by atoms with Crippen LogP contribution in [0.3, 0.4) is 0 Å². The Morgan fingerprint density at radius 3 is 2.45 bits per heavy atom. The topological polar surface area (TPSA) is 12.9 Å². The summed E-state index contributed by atoms with van der Waals surface area (Å²) in [6, 6.07) is 10.0. The molecule has 1 heterocycles. The van der Waals surface area contributed by atoms with Gasteiger partial charge in [0.05, 0.1) is 11.3 Å². The Labute approximate surface area is 133 Å². The maximum atomic E-state index is 13.7. The van der Waals surface area contributed by atoms with E-state index < -0.39 is 11.6 Å². The van der Waals surface area contributed by atoms with Crippen molar-refractivity contribution in [3.8, 4) is 10.6 Å². The van der Waals surface area contributed by atoms with Crippen LogP contribution in [0.25, 0.3) is 10.6 Å². The summed E-state index contributed by atoms with van der Waals surface area (Å²) in [5.74, 6) is -1.04. The van der Waals surface area contributed by atoms with Crippen LogP contribution in [-0.4, -0.2) is 4.98 Å². The van der Waals surface area contributed by atoms with Gasteiger partial charge >= 0.3 is 0 Å². The molecule has 0 aliphatic heterocycles. The molecule has 0 saturated heterocycles. The third-order valence-electron chi connectivity index (χ3n) is 2.91. The van der Waals surface area contributed by atoms with Gasteiger partial charge in [-0.3, -0.25) is 0 Å². The Balaban J connectivity index is 1.77. The van der Waals surface area contributed by atoms with E-state index >= 15 is 0 Å². The SMILES string of the molecule is Fc1cccc(SCc2csc(-c3c(F)cccc3F)n2)c1. The Morgan fingerprint density at radius 1 is 1.00 bits per heavy atom. The Kier molecular flexibility index (Phi) is 4.49. The molecule has 0 saturated carbocycles. The molecule has 0 atom stereocenters. The zero-order chi connectivity index (χ0) is 15.5. The lowest BCUT2D eigenvalue weighted by Crippen LogP contribution is -1.89. The first-order valence-corrected chi connectivity index (χ1v) is 8.27. The minimum atomic E-state index is -0.626. The molecular formula is C16H10F3NS2. The van der Waals surface area contributed by atoms with E-state index in [9.17, 15) is 13.2 Å². The number of benzene rings is 2. The highest BCUT2D eigenvalue weighted by molar-refractivity contribution is 7.98. The fourth-order valence-electron chi connectivity index (χ4n) is 1.90. The predicted molar refractivity (Wildman–Crippen MR) is 83.4 cm³/mol. The molecule has 3 aromatic rings. The molecule has 0 amide bonds. The second-order valence-corrected chi connectivity index (χ2v) is 6.39. The fraction of sp³-hybridized carbons (Fsp3) is 0.0625. The van der Waals surface area contributed by atoms with Gasteiger partial charge < -0.3 is 0 Å². The summed E-state index contributed by atoms with van der Waals surface area (Å²) in [4.78, 5) is 5.05. The lowest BCUT2D eigenvalue weighted by Gasteiger charge is -2.01. The van der Waals surface area contributed by atoms with Crippen molar-refractivity contribution in [1.29, 1.82) is 0 Å².